The van der Waals surface area contributed by atoms with Crippen molar-refractivity contribution < 1.29 is 24.2 Å². The quantitative estimate of drug-likeness (QED) is 0.788. The van der Waals surface area contributed by atoms with Crippen LogP contribution in [-0.4, -0.2) is 27.7 Å². The van der Waals surface area contributed by atoms with Gasteiger partial charge in [0.25, 0.3) is 0 Å². The van der Waals surface area contributed by atoms with Crippen LogP contribution >= 0.6 is 22.9 Å². The lowest BCUT2D eigenvalue weighted by Crippen LogP contribution is -2.18. The third kappa shape index (κ3) is 2.70. The van der Waals surface area contributed by atoms with Crippen molar-refractivity contribution in [3.05, 3.63) is 55.3 Å². The molecule has 3 rings (SSSR count). The SMILES string of the molecule is CC1=C(CC(=O)O)C2=C(Cl)C(O)=C(C(=O)c3ccc(F)s3)CC2=N1. The Morgan fingerprint density at radius 3 is 2.71 bits per heavy atom. The summed E-state index contributed by atoms with van der Waals surface area (Å²) in [7, 11) is 0. The Morgan fingerprint density at radius 2 is 2.12 bits per heavy atom. The summed E-state index contributed by atoms with van der Waals surface area (Å²) in [6, 6.07) is 2.51. The number of nitrogens with zero attached hydrogens (tertiary/aromatic N) is 1. The molecule has 24 heavy (non-hydrogen) atoms. The first kappa shape index (κ1) is 16.6. The standard InChI is InChI=1S/C16H11ClFNO4S/c1-6-7(5-12(20)21)13-9(19-6)4-8(16(23)14(13)17)15(22)10-2-3-11(18)24-10/h2-3,23H,4-5H2,1H3,(H,20,21). The summed E-state index contributed by atoms with van der Waals surface area (Å²) >= 11 is 6.86. The Balaban J connectivity index is 2.04. The average Bonchev–Trinajstić information content (AvgIpc) is 3.06. The Kier molecular flexibility index (Phi) is 4.15. The van der Waals surface area contributed by atoms with E-state index in [0.29, 0.717) is 33.9 Å². The zero-order chi connectivity index (χ0) is 17.6. The molecule has 0 fully saturated rings. The molecule has 2 N–H and O–H groups in total. The van der Waals surface area contributed by atoms with Crippen LogP contribution in [0.15, 0.2) is 50.3 Å². The second-order valence-electron chi connectivity index (χ2n) is 5.32. The van der Waals surface area contributed by atoms with Crippen molar-refractivity contribution >= 4 is 40.4 Å². The maximum absolute atomic E-state index is 13.1. The highest BCUT2D eigenvalue weighted by Gasteiger charge is 2.35. The van der Waals surface area contributed by atoms with Crippen LogP contribution in [0.3, 0.4) is 0 Å². The van der Waals surface area contributed by atoms with E-state index in [9.17, 15) is 19.1 Å². The summed E-state index contributed by atoms with van der Waals surface area (Å²) < 4.78 is 13.1. The molecule has 8 heteroatoms. The topological polar surface area (TPSA) is 87.0 Å². The molecule has 1 aromatic rings. The largest absolute Gasteiger partial charge is 0.506 e. The third-order valence-electron chi connectivity index (χ3n) is 3.79. The number of Topliss-reactive ketones (excluding diaryl/α,β-unsaturated/α-hetero) is 1. The molecule has 0 bridgehead atoms. The maximum atomic E-state index is 13.1. The van der Waals surface area contributed by atoms with E-state index in [1.807, 2.05) is 0 Å². The van der Waals surface area contributed by atoms with Crippen molar-refractivity contribution in [3.8, 4) is 0 Å². The van der Waals surface area contributed by atoms with E-state index >= 15 is 0 Å². The predicted molar refractivity (Wildman–Crippen MR) is 88.1 cm³/mol. The van der Waals surface area contributed by atoms with E-state index in [-0.39, 0.29) is 28.3 Å². The van der Waals surface area contributed by atoms with Crippen LogP contribution in [0.2, 0.25) is 0 Å². The van der Waals surface area contributed by atoms with Gasteiger partial charge < -0.3 is 10.2 Å². The molecule has 1 aliphatic heterocycles. The van der Waals surface area contributed by atoms with Crippen LogP contribution in [0.4, 0.5) is 4.39 Å². The van der Waals surface area contributed by atoms with Crippen molar-refractivity contribution in [1.29, 1.82) is 0 Å². The summed E-state index contributed by atoms with van der Waals surface area (Å²) in [4.78, 5) is 27.9. The highest BCUT2D eigenvalue weighted by Crippen LogP contribution is 2.41. The number of carboxylic acid groups (broad SMARTS) is 1. The number of aliphatic carboxylic acids is 1. The van der Waals surface area contributed by atoms with Crippen molar-refractivity contribution in [3.63, 3.8) is 0 Å². The van der Waals surface area contributed by atoms with Gasteiger partial charge in [0.2, 0.25) is 5.78 Å². The number of allylic oxidation sites excluding steroid dienone is 4. The van der Waals surface area contributed by atoms with E-state index < -0.39 is 22.6 Å². The minimum atomic E-state index is -1.04. The highest BCUT2D eigenvalue weighted by atomic mass is 35.5. The fraction of sp³-hybridized carbons (Fsp3) is 0.188. The Morgan fingerprint density at radius 1 is 1.42 bits per heavy atom. The van der Waals surface area contributed by atoms with Crippen LogP contribution in [0, 0.1) is 5.13 Å². The average molecular weight is 368 g/mol. The highest BCUT2D eigenvalue weighted by molar-refractivity contribution is 7.12. The molecule has 2 heterocycles. The number of aliphatic imine (C=N–C) groups is 1. The van der Waals surface area contributed by atoms with E-state index in [2.05, 4.69) is 4.99 Å². The first-order valence-electron chi connectivity index (χ1n) is 6.91. The second kappa shape index (κ2) is 5.99. The number of halogens is 2. The monoisotopic (exact) mass is 367 g/mol. The number of thiophene rings is 1. The summed E-state index contributed by atoms with van der Waals surface area (Å²) in [5, 5.41) is 18.7. The van der Waals surface area contributed by atoms with E-state index in [4.69, 9.17) is 16.7 Å². The van der Waals surface area contributed by atoms with Gasteiger partial charge in [0.1, 0.15) is 5.76 Å². The molecular formula is C16H11ClFNO4S. The van der Waals surface area contributed by atoms with Gasteiger partial charge in [-0.1, -0.05) is 11.6 Å². The van der Waals surface area contributed by atoms with Crippen molar-refractivity contribution in [2.24, 2.45) is 4.99 Å². The van der Waals surface area contributed by atoms with Gasteiger partial charge in [-0.3, -0.25) is 14.6 Å². The number of rotatable bonds is 4. The number of aliphatic hydroxyl groups is 1. The number of carboxylic acids is 1. The number of hydrogen-bond donors (Lipinski definition) is 2. The first-order chi connectivity index (χ1) is 11.3. The lowest BCUT2D eigenvalue weighted by Gasteiger charge is -2.19. The maximum Gasteiger partial charge on any atom is 0.307 e. The number of aliphatic hydroxyl groups excluding tert-OH is 1. The number of hydrogen-bond acceptors (Lipinski definition) is 5. The molecule has 0 spiro atoms. The molecule has 0 radical (unpaired) electrons. The molecule has 1 aromatic heterocycles. The number of ketones is 1. The zero-order valence-corrected chi connectivity index (χ0v) is 14.0. The summed E-state index contributed by atoms with van der Waals surface area (Å²) in [5.41, 5.74) is 1.73. The van der Waals surface area contributed by atoms with Crippen LogP contribution in [0.25, 0.3) is 0 Å². The normalized spacial score (nSPS) is 17.4. The van der Waals surface area contributed by atoms with Gasteiger partial charge >= 0.3 is 5.97 Å². The van der Waals surface area contributed by atoms with Crippen LogP contribution in [-0.2, 0) is 4.79 Å². The third-order valence-corrected chi connectivity index (χ3v) is 5.03. The summed E-state index contributed by atoms with van der Waals surface area (Å²) in [6.07, 6.45) is -0.271. The Hall–Kier alpha value is -2.25. The molecule has 0 unspecified atom stereocenters. The summed E-state index contributed by atoms with van der Waals surface area (Å²) in [5.74, 6) is -1.98. The van der Waals surface area contributed by atoms with Crippen molar-refractivity contribution in [2.45, 2.75) is 19.8 Å². The lowest BCUT2D eigenvalue weighted by molar-refractivity contribution is -0.136. The number of carbonyl (C=O) groups is 2. The van der Waals surface area contributed by atoms with Crippen molar-refractivity contribution in [1.82, 2.24) is 0 Å². The molecule has 1 aliphatic carbocycles. The molecule has 0 saturated carbocycles. The number of carbonyl (C=O) groups excluding carboxylic acids is 1. The summed E-state index contributed by atoms with van der Waals surface area (Å²) in [6.45, 7) is 1.65. The number of fused-ring (bicyclic) bond motifs is 1. The molecule has 0 aromatic carbocycles. The van der Waals surface area contributed by atoms with E-state index in [1.165, 1.54) is 12.1 Å². The smallest absolute Gasteiger partial charge is 0.307 e. The van der Waals surface area contributed by atoms with Gasteiger partial charge in [-0.2, -0.15) is 4.39 Å². The van der Waals surface area contributed by atoms with Gasteiger partial charge in [-0.25, -0.2) is 0 Å². The molecule has 0 atom stereocenters. The molecule has 2 aliphatic rings. The predicted octanol–water partition coefficient (Wildman–Crippen LogP) is 3.98. The lowest BCUT2D eigenvalue weighted by atomic mass is 9.88. The van der Waals surface area contributed by atoms with Crippen LogP contribution < -0.4 is 0 Å². The van der Waals surface area contributed by atoms with Gasteiger partial charge in [-0.15, -0.1) is 11.3 Å². The fourth-order valence-electron chi connectivity index (χ4n) is 2.71. The van der Waals surface area contributed by atoms with Gasteiger partial charge in [0, 0.05) is 17.7 Å². The van der Waals surface area contributed by atoms with Crippen LogP contribution in [0.1, 0.15) is 29.4 Å². The van der Waals surface area contributed by atoms with E-state index in [0.717, 1.165) is 0 Å². The molecule has 5 nitrogen and oxygen atoms in total. The van der Waals surface area contributed by atoms with Gasteiger partial charge in [0.15, 0.2) is 5.13 Å². The zero-order valence-electron chi connectivity index (χ0n) is 12.4. The van der Waals surface area contributed by atoms with Gasteiger partial charge in [-0.05, 0) is 24.6 Å². The Bertz CT molecular complexity index is 907. The molecule has 0 saturated heterocycles. The molecular weight excluding hydrogens is 357 g/mol. The van der Waals surface area contributed by atoms with E-state index in [1.54, 1.807) is 6.92 Å². The van der Waals surface area contributed by atoms with Crippen LogP contribution in [0.5, 0.6) is 0 Å². The van der Waals surface area contributed by atoms with Crippen molar-refractivity contribution in [2.75, 3.05) is 0 Å². The molecule has 124 valence electrons. The molecule has 0 amide bonds. The van der Waals surface area contributed by atoms with Gasteiger partial charge in [0.05, 0.1) is 27.6 Å². The fourth-order valence-corrected chi connectivity index (χ4v) is 3.75. The minimum Gasteiger partial charge on any atom is -0.506 e. The first-order valence-corrected chi connectivity index (χ1v) is 8.11. The minimum absolute atomic E-state index is 0.0101. The Labute approximate surface area is 145 Å². The second-order valence-corrected chi connectivity index (χ2v) is 6.73.